The molecule has 1 atom stereocenters. The van der Waals surface area contributed by atoms with Gasteiger partial charge in [-0.1, -0.05) is 20.8 Å². The van der Waals surface area contributed by atoms with Gasteiger partial charge in [-0.2, -0.15) is 0 Å². The third-order valence-corrected chi connectivity index (χ3v) is 2.29. The monoisotopic (exact) mass is 173 g/mol. The Hall–Kier alpha value is -0.0800. The predicted octanol–water partition coefficient (Wildman–Crippen LogP) is 2.05. The summed E-state index contributed by atoms with van der Waals surface area (Å²) in [4.78, 5) is 0. The van der Waals surface area contributed by atoms with E-state index in [2.05, 4.69) is 33.0 Å². The standard InChI is InChI=1S/C10H23NO/c1-6-10(4,12-5)8-11-7-9(2)3/h9,11H,6-8H2,1-5H3. The first-order valence-corrected chi connectivity index (χ1v) is 4.80. The predicted molar refractivity (Wildman–Crippen MR) is 53.4 cm³/mol. The van der Waals surface area contributed by atoms with Gasteiger partial charge in [-0.05, 0) is 25.8 Å². The molecule has 0 saturated carbocycles. The van der Waals surface area contributed by atoms with Crippen molar-refractivity contribution < 1.29 is 4.74 Å². The molecule has 0 rings (SSSR count). The number of rotatable bonds is 6. The number of nitrogens with one attached hydrogen (secondary N) is 1. The summed E-state index contributed by atoms with van der Waals surface area (Å²) in [5.41, 5.74) is 0.00882. The molecular weight excluding hydrogens is 150 g/mol. The maximum atomic E-state index is 5.41. The number of hydrogen-bond donors (Lipinski definition) is 1. The van der Waals surface area contributed by atoms with Crippen LogP contribution in [0, 0.1) is 5.92 Å². The van der Waals surface area contributed by atoms with Crippen molar-refractivity contribution in [2.75, 3.05) is 20.2 Å². The summed E-state index contributed by atoms with van der Waals surface area (Å²) in [6, 6.07) is 0. The molecule has 0 fully saturated rings. The van der Waals surface area contributed by atoms with Gasteiger partial charge >= 0.3 is 0 Å². The molecule has 0 saturated heterocycles. The lowest BCUT2D eigenvalue weighted by atomic mass is 10.0. The Kier molecular flexibility index (Phi) is 5.51. The van der Waals surface area contributed by atoms with Gasteiger partial charge in [0.25, 0.3) is 0 Å². The zero-order valence-electron chi connectivity index (χ0n) is 9.11. The van der Waals surface area contributed by atoms with Gasteiger partial charge in [0.1, 0.15) is 0 Å². The first kappa shape index (κ1) is 11.9. The molecule has 0 amide bonds. The average molecular weight is 173 g/mol. The molecule has 0 spiro atoms. The van der Waals surface area contributed by atoms with E-state index in [1.54, 1.807) is 7.11 Å². The zero-order valence-corrected chi connectivity index (χ0v) is 9.11. The van der Waals surface area contributed by atoms with Crippen LogP contribution in [0.2, 0.25) is 0 Å². The minimum atomic E-state index is 0.00882. The lowest BCUT2D eigenvalue weighted by Crippen LogP contribution is -2.40. The fraction of sp³-hybridized carbons (Fsp3) is 1.00. The van der Waals surface area contributed by atoms with Gasteiger partial charge in [0.15, 0.2) is 0 Å². The summed E-state index contributed by atoms with van der Waals surface area (Å²) in [6.45, 7) is 10.7. The van der Waals surface area contributed by atoms with E-state index in [0.717, 1.165) is 19.5 Å². The Morgan fingerprint density at radius 2 is 2.00 bits per heavy atom. The summed E-state index contributed by atoms with van der Waals surface area (Å²) in [5, 5.41) is 3.40. The van der Waals surface area contributed by atoms with Crippen LogP contribution in [0.5, 0.6) is 0 Å². The summed E-state index contributed by atoms with van der Waals surface area (Å²) in [5.74, 6) is 0.711. The van der Waals surface area contributed by atoms with Crippen LogP contribution in [0.4, 0.5) is 0 Å². The van der Waals surface area contributed by atoms with E-state index in [1.165, 1.54) is 0 Å². The van der Waals surface area contributed by atoms with E-state index >= 15 is 0 Å². The molecule has 0 aliphatic carbocycles. The summed E-state index contributed by atoms with van der Waals surface area (Å²) < 4.78 is 5.41. The van der Waals surface area contributed by atoms with Crippen LogP contribution < -0.4 is 5.32 Å². The van der Waals surface area contributed by atoms with Gasteiger partial charge in [0.05, 0.1) is 5.60 Å². The molecule has 12 heavy (non-hydrogen) atoms. The van der Waals surface area contributed by atoms with Gasteiger partial charge in [-0.15, -0.1) is 0 Å². The largest absolute Gasteiger partial charge is 0.377 e. The summed E-state index contributed by atoms with van der Waals surface area (Å²) in [7, 11) is 1.78. The molecule has 0 aromatic heterocycles. The van der Waals surface area contributed by atoms with Crippen LogP contribution in [0.1, 0.15) is 34.1 Å². The molecule has 74 valence electrons. The van der Waals surface area contributed by atoms with Crippen molar-refractivity contribution in [2.45, 2.75) is 39.7 Å². The third-order valence-electron chi connectivity index (χ3n) is 2.29. The van der Waals surface area contributed by atoms with Crippen LogP contribution in [0.3, 0.4) is 0 Å². The van der Waals surface area contributed by atoms with Gasteiger partial charge in [-0.25, -0.2) is 0 Å². The second-order valence-electron chi connectivity index (χ2n) is 4.03. The van der Waals surface area contributed by atoms with E-state index in [-0.39, 0.29) is 5.60 Å². The molecule has 0 aromatic carbocycles. The second-order valence-corrected chi connectivity index (χ2v) is 4.03. The molecule has 0 aromatic rings. The first-order chi connectivity index (χ1) is 5.54. The van der Waals surface area contributed by atoms with Crippen LogP contribution in [0.15, 0.2) is 0 Å². The molecule has 0 aliphatic heterocycles. The second kappa shape index (κ2) is 5.55. The Morgan fingerprint density at radius 1 is 1.42 bits per heavy atom. The van der Waals surface area contributed by atoms with Gasteiger partial charge in [0.2, 0.25) is 0 Å². The third kappa shape index (κ3) is 4.73. The van der Waals surface area contributed by atoms with E-state index in [4.69, 9.17) is 4.74 Å². The van der Waals surface area contributed by atoms with Gasteiger partial charge in [-0.3, -0.25) is 0 Å². The highest BCUT2D eigenvalue weighted by Gasteiger charge is 2.19. The molecule has 0 bridgehead atoms. The molecule has 1 unspecified atom stereocenters. The van der Waals surface area contributed by atoms with Crippen molar-refractivity contribution in [3.05, 3.63) is 0 Å². The lowest BCUT2D eigenvalue weighted by molar-refractivity contribution is 0.00339. The minimum Gasteiger partial charge on any atom is -0.377 e. The molecule has 1 N–H and O–H groups in total. The van der Waals surface area contributed by atoms with Crippen molar-refractivity contribution in [3.8, 4) is 0 Å². The molecular formula is C10H23NO. The quantitative estimate of drug-likeness (QED) is 0.663. The highest BCUT2D eigenvalue weighted by atomic mass is 16.5. The van der Waals surface area contributed by atoms with Crippen molar-refractivity contribution in [1.29, 1.82) is 0 Å². The highest BCUT2D eigenvalue weighted by Crippen LogP contribution is 2.11. The van der Waals surface area contributed by atoms with E-state index in [1.807, 2.05) is 0 Å². The normalized spacial score (nSPS) is 16.5. The lowest BCUT2D eigenvalue weighted by Gasteiger charge is -2.27. The van der Waals surface area contributed by atoms with Gasteiger partial charge in [0, 0.05) is 13.7 Å². The zero-order chi connectivity index (χ0) is 9.61. The Bertz CT molecular complexity index is 108. The van der Waals surface area contributed by atoms with E-state index < -0.39 is 0 Å². The fourth-order valence-electron chi connectivity index (χ4n) is 0.967. The summed E-state index contributed by atoms with van der Waals surface area (Å²) in [6.07, 6.45) is 1.05. The number of methoxy groups -OCH3 is 1. The number of hydrogen-bond acceptors (Lipinski definition) is 2. The first-order valence-electron chi connectivity index (χ1n) is 4.80. The fourth-order valence-corrected chi connectivity index (χ4v) is 0.967. The Labute approximate surface area is 76.7 Å². The van der Waals surface area contributed by atoms with Crippen molar-refractivity contribution in [2.24, 2.45) is 5.92 Å². The van der Waals surface area contributed by atoms with E-state index in [0.29, 0.717) is 5.92 Å². The topological polar surface area (TPSA) is 21.3 Å². The van der Waals surface area contributed by atoms with Crippen LogP contribution >= 0.6 is 0 Å². The minimum absolute atomic E-state index is 0.00882. The van der Waals surface area contributed by atoms with Gasteiger partial charge < -0.3 is 10.1 Å². The molecule has 0 aliphatic rings. The van der Waals surface area contributed by atoms with E-state index in [9.17, 15) is 0 Å². The number of ether oxygens (including phenoxy) is 1. The highest BCUT2D eigenvalue weighted by molar-refractivity contribution is 4.75. The SMILES string of the molecule is CCC(C)(CNCC(C)C)OC. The molecule has 0 heterocycles. The maximum absolute atomic E-state index is 5.41. The molecule has 2 heteroatoms. The van der Waals surface area contributed by atoms with Crippen LogP contribution in [0.25, 0.3) is 0 Å². The van der Waals surface area contributed by atoms with Crippen molar-refractivity contribution in [3.63, 3.8) is 0 Å². The Balaban J connectivity index is 3.58. The maximum Gasteiger partial charge on any atom is 0.0771 e. The van der Waals surface area contributed by atoms with Crippen molar-refractivity contribution in [1.82, 2.24) is 5.32 Å². The van der Waals surface area contributed by atoms with Crippen molar-refractivity contribution >= 4 is 0 Å². The van der Waals surface area contributed by atoms with Crippen LogP contribution in [-0.2, 0) is 4.74 Å². The van der Waals surface area contributed by atoms with Crippen LogP contribution in [-0.4, -0.2) is 25.8 Å². The summed E-state index contributed by atoms with van der Waals surface area (Å²) >= 11 is 0. The molecule has 2 nitrogen and oxygen atoms in total. The Morgan fingerprint density at radius 3 is 2.33 bits per heavy atom. The smallest absolute Gasteiger partial charge is 0.0771 e. The molecule has 0 radical (unpaired) electrons. The average Bonchev–Trinajstić information content (AvgIpc) is 2.03.